The van der Waals surface area contributed by atoms with Crippen molar-refractivity contribution >= 4 is 11.9 Å². The van der Waals surface area contributed by atoms with Gasteiger partial charge in [-0.05, 0) is 31.4 Å². The maximum atomic E-state index is 13.5. The summed E-state index contributed by atoms with van der Waals surface area (Å²) in [7, 11) is 0. The zero-order valence-corrected chi connectivity index (χ0v) is 9.54. The van der Waals surface area contributed by atoms with Gasteiger partial charge in [0.2, 0.25) is 0 Å². The molecule has 1 aromatic carbocycles. The smallest absolute Gasteiger partial charge is 0.146 e. The molecule has 0 saturated carbocycles. The average molecular weight is 233 g/mol. The second kappa shape index (κ2) is 5.10. The normalized spacial score (nSPS) is 20.2. The van der Waals surface area contributed by atoms with Gasteiger partial charge in [-0.25, -0.2) is 4.39 Å². The minimum Gasteiger partial charge on any atom is -0.356 e. The summed E-state index contributed by atoms with van der Waals surface area (Å²) < 4.78 is 13.5. The zero-order valence-electron chi connectivity index (χ0n) is 9.54. The molecule has 1 unspecified atom stereocenters. The second-order valence-electron chi connectivity index (χ2n) is 4.18. The SMILES string of the molecule is N=CC1=C(Nc2ccccc2F)CCCC1N. The van der Waals surface area contributed by atoms with Crippen molar-refractivity contribution in [3.8, 4) is 0 Å². The molecule has 2 rings (SSSR count). The molecule has 1 atom stereocenters. The van der Waals surface area contributed by atoms with Crippen LogP contribution in [0, 0.1) is 11.2 Å². The van der Waals surface area contributed by atoms with E-state index < -0.39 is 0 Å². The summed E-state index contributed by atoms with van der Waals surface area (Å²) in [5, 5.41) is 10.4. The van der Waals surface area contributed by atoms with E-state index in [1.165, 1.54) is 12.3 Å². The highest BCUT2D eigenvalue weighted by atomic mass is 19.1. The minimum absolute atomic E-state index is 0.115. The highest BCUT2D eigenvalue weighted by Crippen LogP contribution is 2.25. The highest BCUT2D eigenvalue weighted by molar-refractivity contribution is 5.80. The molecule has 0 amide bonds. The van der Waals surface area contributed by atoms with E-state index in [-0.39, 0.29) is 11.9 Å². The predicted molar refractivity (Wildman–Crippen MR) is 67.7 cm³/mol. The zero-order chi connectivity index (χ0) is 12.3. The van der Waals surface area contributed by atoms with Crippen molar-refractivity contribution in [1.29, 1.82) is 5.41 Å². The van der Waals surface area contributed by atoms with Gasteiger partial charge in [-0.3, -0.25) is 0 Å². The van der Waals surface area contributed by atoms with Gasteiger partial charge in [0.25, 0.3) is 0 Å². The Morgan fingerprint density at radius 3 is 2.88 bits per heavy atom. The van der Waals surface area contributed by atoms with Crippen molar-refractivity contribution in [3.63, 3.8) is 0 Å². The van der Waals surface area contributed by atoms with Crippen molar-refractivity contribution in [2.24, 2.45) is 5.73 Å². The fraction of sp³-hybridized carbons (Fsp3) is 0.308. The Balaban J connectivity index is 2.28. The molecule has 90 valence electrons. The van der Waals surface area contributed by atoms with Crippen LogP contribution in [0.4, 0.5) is 10.1 Å². The first kappa shape index (κ1) is 11.8. The fourth-order valence-corrected chi connectivity index (χ4v) is 2.08. The first-order valence-corrected chi connectivity index (χ1v) is 5.73. The van der Waals surface area contributed by atoms with Gasteiger partial charge in [-0.1, -0.05) is 12.1 Å². The molecule has 3 nitrogen and oxygen atoms in total. The first-order valence-electron chi connectivity index (χ1n) is 5.73. The van der Waals surface area contributed by atoms with Crippen LogP contribution in [-0.2, 0) is 0 Å². The Hall–Kier alpha value is -1.68. The van der Waals surface area contributed by atoms with Gasteiger partial charge in [-0.2, -0.15) is 0 Å². The van der Waals surface area contributed by atoms with E-state index in [1.54, 1.807) is 18.2 Å². The number of anilines is 1. The van der Waals surface area contributed by atoms with Crippen molar-refractivity contribution in [2.75, 3.05) is 5.32 Å². The van der Waals surface area contributed by atoms with Gasteiger partial charge < -0.3 is 16.5 Å². The average Bonchev–Trinajstić information content (AvgIpc) is 2.32. The second-order valence-corrected chi connectivity index (χ2v) is 4.18. The molecule has 0 radical (unpaired) electrons. The molecule has 0 aromatic heterocycles. The van der Waals surface area contributed by atoms with Crippen molar-refractivity contribution in [3.05, 3.63) is 41.4 Å². The Kier molecular flexibility index (Phi) is 3.54. The summed E-state index contributed by atoms with van der Waals surface area (Å²) in [5.74, 6) is -0.288. The van der Waals surface area contributed by atoms with E-state index in [0.29, 0.717) is 5.69 Å². The number of hydrogen-bond acceptors (Lipinski definition) is 3. The van der Waals surface area contributed by atoms with Crippen LogP contribution in [0.2, 0.25) is 0 Å². The number of nitrogens with two attached hydrogens (primary N) is 1. The van der Waals surface area contributed by atoms with Gasteiger partial charge >= 0.3 is 0 Å². The summed E-state index contributed by atoms with van der Waals surface area (Å²) in [5.41, 5.74) is 8.01. The standard InChI is InChI=1S/C13H16FN3/c14-10-4-1-2-6-13(10)17-12-7-3-5-11(16)9(12)8-15/h1-2,4,6,8,11,15,17H,3,5,7,16H2. The molecule has 0 fully saturated rings. The van der Waals surface area contributed by atoms with Crippen LogP contribution in [0.25, 0.3) is 0 Å². The lowest BCUT2D eigenvalue weighted by Crippen LogP contribution is -2.29. The molecule has 0 heterocycles. The van der Waals surface area contributed by atoms with Gasteiger partial charge in [0.05, 0.1) is 5.69 Å². The fourth-order valence-electron chi connectivity index (χ4n) is 2.08. The van der Waals surface area contributed by atoms with E-state index in [9.17, 15) is 4.39 Å². The van der Waals surface area contributed by atoms with Gasteiger partial charge in [-0.15, -0.1) is 0 Å². The van der Waals surface area contributed by atoms with Gasteiger partial charge in [0, 0.05) is 23.5 Å². The lowest BCUT2D eigenvalue weighted by atomic mass is 9.92. The molecule has 0 saturated heterocycles. The van der Waals surface area contributed by atoms with E-state index in [0.717, 1.165) is 30.5 Å². The topological polar surface area (TPSA) is 61.9 Å². The third-order valence-corrected chi connectivity index (χ3v) is 3.00. The molecule has 4 N–H and O–H groups in total. The molecule has 0 bridgehead atoms. The molecule has 17 heavy (non-hydrogen) atoms. The third kappa shape index (κ3) is 2.53. The molecule has 0 spiro atoms. The Labute approximate surface area is 100 Å². The highest BCUT2D eigenvalue weighted by Gasteiger charge is 2.18. The molecule has 1 aliphatic rings. The number of halogens is 1. The first-order chi connectivity index (χ1) is 8.22. The van der Waals surface area contributed by atoms with Crippen LogP contribution >= 0.6 is 0 Å². The number of rotatable bonds is 3. The largest absolute Gasteiger partial charge is 0.356 e. The van der Waals surface area contributed by atoms with Crippen LogP contribution in [0.3, 0.4) is 0 Å². The van der Waals surface area contributed by atoms with Crippen molar-refractivity contribution in [1.82, 2.24) is 0 Å². The summed E-state index contributed by atoms with van der Waals surface area (Å²) >= 11 is 0. The Morgan fingerprint density at radius 1 is 1.41 bits per heavy atom. The Bertz CT molecular complexity index is 454. The quantitative estimate of drug-likeness (QED) is 0.703. The van der Waals surface area contributed by atoms with E-state index in [1.807, 2.05) is 0 Å². The monoisotopic (exact) mass is 233 g/mol. The van der Waals surface area contributed by atoms with Crippen molar-refractivity contribution < 1.29 is 4.39 Å². The number of benzene rings is 1. The van der Waals surface area contributed by atoms with Crippen LogP contribution in [0.1, 0.15) is 19.3 Å². The number of para-hydroxylation sites is 1. The maximum absolute atomic E-state index is 13.5. The van der Waals surface area contributed by atoms with E-state index in [4.69, 9.17) is 11.1 Å². The lowest BCUT2D eigenvalue weighted by molar-refractivity contribution is 0.609. The number of allylic oxidation sites excluding steroid dienone is 1. The maximum Gasteiger partial charge on any atom is 0.146 e. The minimum atomic E-state index is -0.288. The summed E-state index contributed by atoms with van der Waals surface area (Å²) in [6, 6.07) is 6.41. The molecule has 4 heteroatoms. The van der Waals surface area contributed by atoms with Crippen LogP contribution in [0.5, 0.6) is 0 Å². The summed E-state index contributed by atoms with van der Waals surface area (Å²) in [6.07, 6.45) is 3.93. The molecular formula is C13H16FN3. The number of nitrogens with one attached hydrogen (secondary N) is 2. The molecule has 1 aromatic rings. The molecule has 0 aliphatic heterocycles. The summed E-state index contributed by atoms with van der Waals surface area (Å²) in [4.78, 5) is 0. The summed E-state index contributed by atoms with van der Waals surface area (Å²) in [6.45, 7) is 0. The molecule has 1 aliphatic carbocycles. The van der Waals surface area contributed by atoms with Gasteiger partial charge in [0.1, 0.15) is 5.82 Å². The molecular weight excluding hydrogens is 217 g/mol. The van der Waals surface area contributed by atoms with E-state index in [2.05, 4.69) is 5.32 Å². The third-order valence-electron chi connectivity index (χ3n) is 3.00. The van der Waals surface area contributed by atoms with Crippen molar-refractivity contribution in [2.45, 2.75) is 25.3 Å². The Morgan fingerprint density at radius 2 is 2.18 bits per heavy atom. The lowest BCUT2D eigenvalue weighted by Gasteiger charge is -2.24. The van der Waals surface area contributed by atoms with E-state index >= 15 is 0 Å². The van der Waals surface area contributed by atoms with Gasteiger partial charge in [0.15, 0.2) is 0 Å². The van der Waals surface area contributed by atoms with Crippen LogP contribution in [0.15, 0.2) is 35.5 Å². The predicted octanol–water partition coefficient (Wildman–Crippen LogP) is 2.65. The van der Waals surface area contributed by atoms with Crippen LogP contribution < -0.4 is 11.1 Å². The van der Waals surface area contributed by atoms with Crippen LogP contribution in [-0.4, -0.2) is 12.3 Å². The number of hydrogen-bond donors (Lipinski definition) is 3.